The zero-order valence-corrected chi connectivity index (χ0v) is 30.6. The summed E-state index contributed by atoms with van der Waals surface area (Å²) in [5.41, 5.74) is 0.795. The van der Waals surface area contributed by atoms with E-state index < -0.39 is 90.3 Å². The number of furan rings is 2. The summed E-state index contributed by atoms with van der Waals surface area (Å²) in [4.78, 5) is 14.3. The second-order valence-electron chi connectivity index (χ2n) is 14.0. The molecule has 60 heavy (non-hydrogen) atoms. The van der Waals surface area contributed by atoms with Gasteiger partial charge in [-0.15, -0.1) is 0 Å². The number of hydrogen-bond donors (Lipinski definition) is 9. The van der Waals surface area contributed by atoms with Crippen LogP contribution in [0.3, 0.4) is 0 Å². The number of nitrogens with zero attached hydrogens (tertiary/aromatic N) is 3. The average Bonchev–Trinajstić information content (AvgIpc) is 3.84. The first-order valence-electron chi connectivity index (χ1n) is 18.1. The van der Waals surface area contributed by atoms with E-state index in [2.05, 4.69) is 0 Å². The van der Waals surface area contributed by atoms with Crippen molar-refractivity contribution in [2.75, 3.05) is 0 Å². The SMILES string of the molecule is [B]c1c(O)c(O)c2c(oc3c(-c4c(O)c(O)cc(O)c4O)c(O)c(O)c(O)c32)c1-c1nc(-c2ccc(-c3ccccc3)cc2)nc(-c2ccc3c(c2)oc2ccccc23)n1. The average molecular weight is 796 g/mol. The van der Waals surface area contributed by atoms with Crippen LogP contribution < -0.4 is 5.46 Å². The molecule has 10 rings (SSSR count). The maximum Gasteiger partial charge on any atom is 0.201 e. The Labute approximate surface area is 337 Å². The van der Waals surface area contributed by atoms with Gasteiger partial charge in [-0.2, -0.15) is 0 Å². The molecule has 0 spiro atoms. The topological polar surface area (TPSA) is 247 Å². The van der Waals surface area contributed by atoms with Crippen molar-refractivity contribution in [3.05, 3.63) is 103 Å². The third-order valence-corrected chi connectivity index (χ3v) is 10.5. The van der Waals surface area contributed by atoms with Crippen molar-refractivity contribution in [2.24, 2.45) is 0 Å². The van der Waals surface area contributed by atoms with Gasteiger partial charge in [0.25, 0.3) is 0 Å². The van der Waals surface area contributed by atoms with E-state index in [9.17, 15) is 46.0 Å². The second kappa shape index (κ2) is 13.0. The molecule has 290 valence electrons. The molecule has 0 bridgehead atoms. The highest BCUT2D eigenvalue weighted by molar-refractivity contribution is 6.41. The van der Waals surface area contributed by atoms with Crippen molar-refractivity contribution < 1.29 is 54.8 Å². The van der Waals surface area contributed by atoms with Gasteiger partial charge in [-0.3, -0.25) is 0 Å². The number of hydrogen-bond acceptors (Lipinski definition) is 14. The van der Waals surface area contributed by atoms with E-state index in [0.29, 0.717) is 28.4 Å². The molecule has 0 atom stereocenters. The number of aromatic nitrogens is 3. The predicted molar refractivity (Wildman–Crippen MR) is 222 cm³/mol. The van der Waals surface area contributed by atoms with Gasteiger partial charge in [0.15, 0.2) is 69.1 Å². The van der Waals surface area contributed by atoms with Crippen molar-refractivity contribution in [1.82, 2.24) is 15.0 Å². The van der Waals surface area contributed by atoms with Crippen molar-refractivity contribution in [3.63, 3.8) is 0 Å². The van der Waals surface area contributed by atoms with E-state index in [1.165, 1.54) is 0 Å². The van der Waals surface area contributed by atoms with E-state index in [1.807, 2.05) is 84.9 Å². The molecule has 0 aliphatic carbocycles. The molecule has 0 aliphatic heterocycles. The molecule has 0 unspecified atom stereocenters. The third-order valence-electron chi connectivity index (χ3n) is 10.5. The molecule has 15 heteroatoms. The summed E-state index contributed by atoms with van der Waals surface area (Å²) in [5, 5.41) is 99.2. The predicted octanol–water partition coefficient (Wildman–Crippen LogP) is 8.15. The largest absolute Gasteiger partial charge is 0.505 e. The highest BCUT2D eigenvalue weighted by Crippen LogP contribution is 2.59. The smallest absolute Gasteiger partial charge is 0.201 e. The highest BCUT2D eigenvalue weighted by Gasteiger charge is 2.34. The molecule has 10 aromatic rings. The molecule has 14 nitrogen and oxygen atoms in total. The lowest BCUT2D eigenvalue weighted by Gasteiger charge is -2.14. The van der Waals surface area contributed by atoms with Crippen LogP contribution in [0.15, 0.2) is 112 Å². The van der Waals surface area contributed by atoms with Crippen LogP contribution >= 0.6 is 0 Å². The van der Waals surface area contributed by atoms with E-state index in [4.69, 9.17) is 31.6 Å². The number of aromatic hydroxyl groups is 9. The van der Waals surface area contributed by atoms with Crippen molar-refractivity contribution >= 4 is 57.2 Å². The maximum absolute atomic E-state index is 11.4. The Hall–Kier alpha value is -8.59. The van der Waals surface area contributed by atoms with Gasteiger partial charge in [0.2, 0.25) is 5.75 Å². The van der Waals surface area contributed by atoms with Crippen LogP contribution in [0.5, 0.6) is 51.7 Å². The fourth-order valence-corrected chi connectivity index (χ4v) is 7.56. The molecule has 0 fully saturated rings. The Balaban J connectivity index is 1.27. The molecule has 3 heterocycles. The van der Waals surface area contributed by atoms with E-state index in [1.54, 1.807) is 12.1 Å². The normalized spacial score (nSPS) is 11.7. The summed E-state index contributed by atoms with van der Waals surface area (Å²) >= 11 is 0. The van der Waals surface area contributed by atoms with Gasteiger partial charge in [0.1, 0.15) is 24.6 Å². The Kier molecular flexibility index (Phi) is 7.74. The molecular weight excluding hydrogens is 769 g/mol. The van der Waals surface area contributed by atoms with Gasteiger partial charge < -0.3 is 54.8 Å². The molecule has 2 radical (unpaired) electrons. The number of para-hydroxylation sites is 1. The van der Waals surface area contributed by atoms with Crippen LogP contribution in [0, 0.1) is 0 Å². The van der Waals surface area contributed by atoms with Crippen LogP contribution in [0.2, 0.25) is 0 Å². The molecule has 9 N–H and O–H groups in total. The van der Waals surface area contributed by atoms with Gasteiger partial charge in [-0.1, -0.05) is 78.9 Å². The third kappa shape index (κ3) is 5.19. The van der Waals surface area contributed by atoms with E-state index >= 15 is 0 Å². The van der Waals surface area contributed by atoms with Gasteiger partial charge in [0.05, 0.1) is 27.5 Å². The Morgan fingerprint density at radius 2 is 0.917 bits per heavy atom. The number of benzene rings is 7. The number of rotatable bonds is 5. The fourth-order valence-electron chi connectivity index (χ4n) is 7.56. The fraction of sp³-hybridized carbons (Fsp3) is 0. The van der Waals surface area contributed by atoms with E-state index in [0.717, 1.165) is 21.9 Å². The summed E-state index contributed by atoms with van der Waals surface area (Å²) < 4.78 is 12.4. The summed E-state index contributed by atoms with van der Waals surface area (Å²) in [5.74, 6) is -9.26. The Morgan fingerprint density at radius 3 is 1.62 bits per heavy atom. The zero-order valence-electron chi connectivity index (χ0n) is 30.6. The van der Waals surface area contributed by atoms with Crippen LogP contribution in [-0.2, 0) is 0 Å². The molecule has 3 aromatic heterocycles. The zero-order chi connectivity index (χ0) is 41.7. The molecule has 7 aromatic carbocycles. The molecule has 0 aliphatic rings. The van der Waals surface area contributed by atoms with Crippen molar-refractivity contribution in [1.29, 1.82) is 0 Å². The first kappa shape index (κ1) is 35.8. The number of fused-ring (bicyclic) bond motifs is 6. The van der Waals surface area contributed by atoms with Gasteiger partial charge in [-0.25, -0.2) is 15.0 Å². The van der Waals surface area contributed by atoms with Crippen LogP contribution in [0.25, 0.3) is 100 Å². The minimum Gasteiger partial charge on any atom is -0.505 e. The summed E-state index contributed by atoms with van der Waals surface area (Å²) in [6, 6.07) is 30.7. The lowest BCUT2D eigenvalue weighted by molar-refractivity contribution is 0.367. The Bertz CT molecular complexity index is 3410. The van der Waals surface area contributed by atoms with Gasteiger partial charge in [0, 0.05) is 28.0 Å². The maximum atomic E-state index is 11.4. The first-order chi connectivity index (χ1) is 28.9. The number of phenols is 9. The molecular formula is C45H26BN3O11. The lowest BCUT2D eigenvalue weighted by atomic mass is 9.86. The first-order valence-corrected chi connectivity index (χ1v) is 18.1. The van der Waals surface area contributed by atoms with Gasteiger partial charge >= 0.3 is 0 Å². The molecule has 0 saturated heterocycles. The number of phenolic OH excluding ortho intramolecular Hbond substituents is 9. The summed E-state index contributed by atoms with van der Waals surface area (Å²) in [7, 11) is 6.52. The Morgan fingerprint density at radius 1 is 0.383 bits per heavy atom. The lowest BCUT2D eigenvalue weighted by Crippen LogP contribution is -2.11. The van der Waals surface area contributed by atoms with Gasteiger partial charge in [-0.05, 0) is 34.8 Å². The highest BCUT2D eigenvalue weighted by atomic mass is 16.4. The summed E-state index contributed by atoms with van der Waals surface area (Å²) in [6.07, 6.45) is 0. The van der Waals surface area contributed by atoms with Crippen LogP contribution in [-0.4, -0.2) is 68.8 Å². The second-order valence-corrected chi connectivity index (χ2v) is 14.0. The van der Waals surface area contributed by atoms with Crippen molar-refractivity contribution in [3.8, 4) is 108 Å². The monoisotopic (exact) mass is 795 g/mol. The van der Waals surface area contributed by atoms with Crippen molar-refractivity contribution in [2.45, 2.75) is 0 Å². The standard InChI is InChI=1S/C45H26BN3O11/c46-33-32(42-30(36(54)39(33)57)31-38(56)40(58)37(55)29(41(31)60-42)28-34(52)24(50)17-25(51)35(28)53)45-48-43(20-12-10-19(11-13-20)18-6-2-1-3-7-18)47-44(49-45)21-14-15-23-22-8-4-5-9-26(22)59-27(23)16-21/h1-17,50-58H. The minimum absolute atomic E-state index is 0.115. The quantitative estimate of drug-likeness (QED) is 0.0453. The minimum atomic E-state index is -1.22. The summed E-state index contributed by atoms with van der Waals surface area (Å²) in [6.45, 7) is 0. The van der Waals surface area contributed by atoms with E-state index in [-0.39, 0.29) is 23.0 Å². The molecule has 0 amide bonds. The molecule has 0 saturated carbocycles. The van der Waals surface area contributed by atoms with Crippen LogP contribution in [0.4, 0.5) is 0 Å². The van der Waals surface area contributed by atoms with Crippen LogP contribution in [0.1, 0.15) is 0 Å².